The van der Waals surface area contributed by atoms with E-state index in [0.29, 0.717) is 12.2 Å². The zero-order chi connectivity index (χ0) is 12.3. The summed E-state index contributed by atoms with van der Waals surface area (Å²) < 4.78 is 0.847. The fraction of sp³-hybridized carbons (Fsp3) is 0.182. The minimum absolute atomic E-state index is 0.196. The Bertz CT molecular complexity index is 521. The van der Waals surface area contributed by atoms with Gasteiger partial charge in [-0.3, -0.25) is 9.89 Å². The molecular formula is C11H11BrN4O. The van der Waals surface area contributed by atoms with Crippen LogP contribution < -0.4 is 5.32 Å². The molecule has 0 saturated heterocycles. The molecule has 2 aromatic heterocycles. The lowest BCUT2D eigenvalue weighted by Crippen LogP contribution is -2.23. The van der Waals surface area contributed by atoms with Crippen molar-refractivity contribution in [2.75, 3.05) is 0 Å². The van der Waals surface area contributed by atoms with Gasteiger partial charge in [0.25, 0.3) is 5.91 Å². The molecular weight excluding hydrogens is 284 g/mol. The summed E-state index contributed by atoms with van der Waals surface area (Å²) in [7, 11) is 0. The van der Waals surface area contributed by atoms with E-state index in [9.17, 15) is 4.79 Å². The number of halogens is 1. The number of nitrogens with zero attached hydrogens (tertiary/aromatic N) is 2. The Kier molecular flexibility index (Phi) is 3.53. The number of aromatic nitrogens is 3. The van der Waals surface area contributed by atoms with Gasteiger partial charge in [0.2, 0.25) is 0 Å². The molecule has 2 N–H and O–H groups in total. The first kappa shape index (κ1) is 11.8. The fourth-order valence-corrected chi connectivity index (χ4v) is 1.56. The molecule has 2 aromatic rings. The Balaban J connectivity index is 1.98. The summed E-state index contributed by atoms with van der Waals surface area (Å²) in [5.41, 5.74) is 2.32. The molecule has 0 spiro atoms. The minimum atomic E-state index is -0.196. The summed E-state index contributed by atoms with van der Waals surface area (Å²) in [5, 5.41) is 9.49. The van der Waals surface area contributed by atoms with Gasteiger partial charge in [0.15, 0.2) is 0 Å². The predicted octanol–water partition coefficient (Wildman–Crippen LogP) is 1.81. The summed E-state index contributed by atoms with van der Waals surface area (Å²) in [5.74, 6) is -0.196. The van der Waals surface area contributed by atoms with Gasteiger partial charge in [-0.25, -0.2) is 4.98 Å². The van der Waals surface area contributed by atoms with Gasteiger partial charge in [-0.05, 0) is 35.0 Å². The van der Waals surface area contributed by atoms with E-state index in [-0.39, 0.29) is 5.91 Å². The molecule has 5 nitrogen and oxygen atoms in total. The summed E-state index contributed by atoms with van der Waals surface area (Å²) >= 11 is 3.27. The third kappa shape index (κ3) is 2.91. The van der Waals surface area contributed by atoms with Crippen molar-refractivity contribution in [1.29, 1.82) is 0 Å². The van der Waals surface area contributed by atoms with Gasteiger partial charge in [0.1, 0.15) is 5.69 Å². The van der Waals surface area contributed by atoms with Crippen LogP contribution in [0.25, 0.3) is 0 Å². The highest BCUT2D eigenvalue weighted by Gasteiger charge is 2.07. The van der Waals surface area contributed by atoms with E-state index < -0.39 is 0 Å². The Hall–Kier alpha value is -1.69. The van der Waals surface area contributed by atoms with Gasteiger partial charge in [-0.2, -0.15) is 5.10 Å². The molecule has 2 heterocycles. The van der Waals surface area contributed by atoms with Crippen LogP contribution in [0, 0.1) is 6.92 Å². The highest BCUT2D eigenvalue weighted by Crippen LogP contribution is 2.07. The van der Waals surface area contributed by atoms with E-state index in [1.807, 2.05) is 6.92 Å². The largest absolute Gasteiger partial charge is 0.346 e. The second-order valence-electron chi connectivity index (χ2n) is 3.56. The maximum atomic E-state index is 11.7. The Morgan fingerprint density at radius 3 is 2.88 bits per heavy atom. The van der Waals surface area contributed by atoms with Crippen LogP contribution in [0.3, 0.4) is 0 Å². The van der Waals surface area contributed by atoms with Crippen LogP contribution in [0.15, 0.2) is 29.0 Å². The second kappa shape index (κ2) is 5.09. The van der Waals surface area contributed by atoms with Gasteiger partial charge < -0.3 is 5.32 Å². The molecule has 0 aliphatic heterocycles. The van der Waals surface area contributed by atoms with E-state index in [1.165, 1.54) is 0 Å². The van der Waals surface area contributed by atoms with Crippen molar-refractivity contribution < 1.29 is 4.79 Å². The third-order valence-corrected chi connectivity index (χ3v) is 2.80. The second-order valence-corrected chi connectivity index (χ2v) is 4.48. The summed E-state index contributed by atoms with van der Waals surface area (Å²) in [6.07, 6.45) is 3.29. The van der Waals surface area contributed by atoms with Crippen molar-refractivity contribution in [2.24, 2.45) is 0 Å². The number of aromatic amines is 1. The Morgan fingerprint density at radius 2 is 2.29 bits per heavy atom. The van der Waals surface area contributed by atoms with Crippen LogP contribution in [0.4, 0.5) is 0 Å². The standard InChI is InChI=1S/C11H11BrN4O/c1-7-8(5-15-16-7)4-14-11(17)10-3-2-9(12)6-13-10/h2-3,5-6H,4H2,1H3,(H,14,17)(H,15,16). The molecule has 0 aliphatic carbocycles. The van der Waals surface area contributed by atoms with E-state index >= 15 is 0 Å². The molecule has 0 unspecified atom stereocenters. The topological polar surface area (TPSA) is 70.7 Å². The highest BCUT2D eigenvalue weighted by atomic mass is 79.9. The van der Waals surface area contributed by atoms with Gasteiger partial charge in [-0.15, -0.1) is 0 Å². The number of carbonyl (C=O) groups is 1. The van der Waals surface area contributed by atoms with E-state index in [1.54, 1.807) is 24.5 Å². The first-order valence-corrected chi connectivity index (χ1v) is 5.84. The number of aryl methyl sites for hydroxylation is 1. The molecule has 2 rings (SSSR count). The molecule has 0 aliphatic rings. The molecule has 0 aromatic carbocycles. The highest BCUT2D eigenvalue weighted by molar-refractivity contribution is 9.10. The van der Waals surface area contributed by atoms with Crippen molar-refractivity contribution in [2.45, 2.75) is 13.5 Å². The number of amides is 1. The van der Waals surface area contributed by atoms with E-state index in [2.05, 4.69) is 36.4 Å². The Labute approximate surface area is 107 Å². The lowest BCUT2D eigenvalue weighted by Gasteiger charge is -2.03. The number of nitrogens with one attached hydrogen (secondary N) is 2. The fourth-order valence-electron chi connectivity index (χ4n) is 1.33. The summed E-state index contributed by atoms with van der Waals surface area (Å²) in [4.78, 5) is 15.8. The van der Waals surface area contributed by atoms with Crippen LogP contribution in [0.2, 0.25) is 0 Å². The monoisotopic (exact) mass is 294 g/mol. The van der Waals surface area contributed by atoms with Gasteiger partial charge in [0, 0.05) is 28.5 Å². The average Bonchev–Trinajstić information content (AvgIpc) is 2.73. The van der Waals surface area contributed by atoms with Gasteiger partial charge >= 0.3 is 0 Å². The molecule has 0 fully saturated rings. The van der Waals surface area contributed by atoms with Gasteiger partial charge in [-0.1, -0.05) is 0 Å². The third-order valence-electron chi connectivity index (χ3n) is 2.33. The number of H-pyrrole nitrogens is 1. The number of rotatable bonds is 3. The summed E-state index contributed by atoms with van der Waals surface area (Å²) in [6, 6.07) is 3.45. The lowest BCUT2D eigenvalue weighted by atomic mass is 10.2. The minimum Gasteiger partial charge on any atom is -0.346 e. The first-order chi connectivity index (χ1) is 8.16. The molecule has 0 bridgehead atoms. The van der Waals surface area contributed by atoms with Crippen LogP contribution in [-0.2, 0) is 6.54 Å². The average molecular weight is 295 g/mol. The maximum Gasteiger partial charge on any atom is 0.270 e. The SMILES string of the molecule is Cc1[nH]ncc1CNC(=O)c1ccc(Br)cn1. The van der Waals surface area contributed by atoms with Crippen molar-refractivity contribution in [3.05, 3.63) is 46.0 Å². The van der Waals surface area contributed by atoms with E-state index in [4.69, 9.17) is 0 Å². The van der Waals surface area contributed by atoms with Crippen molar-refractivity contribution in [3.8, 4) is 0 Å². The van der Waals surface area contributed by atoms with Crippen molar-refractivity contribution in [1.82, 2.24) is 20.5 Å². The normalized spacial score (nSPS) is 10.2. The number of hydrogen-bond donors (Lipinski definition) is 2. The van der Waals surface area contributed by atoms with Gasteiger partial charge in [0.05, 0.1) is 6.20 Å². The lowest BCUT2D eigenvalue weighted by molar-refractivity contribution is 0.0946. The zero-order valence-electron chi connectivity index (χ0n) is 9.20. The first-order valence-electron chi connectivity index (χ1n) is 5.05. The smallest absolute Gasteiger partial charge is 0.270 e. The quantitative estimate of drug-likeness (QED) is 0.907. The van der Waals surface area contributed by atoms with Crippen molar-refractivity contribution in [3.63, 3.8) is 0 Å². The summed E-state index contributed by atoms with van der Waals surface area (Å²) in [6.45, 7) is 2.35. The Morgan fingerprint density at radius 1 is 1.47 bits per heavy atom. The predicted molar refractivity (Wildman–Crippen MR) is 66.4 cm³/mol. The van der Waals surface area contributed by atoms with E-state index in [0.717, 1.165) is 15.7 Å². The molecule has 0 radical (unpaired) electrons. The van der Waals surface area contributed by atoms with Crippen LogP contribution >= 0.6 is 15.9 Å². The zero-order valence-corrected chi connectivity index (χ0v) is 10.8. The molecule has 0 atom stereocenters. The molecule has 88 valence electrons. The van der Waals surface area contributed by atoms with Crippen molar-refractivity contribution >= 4 is 21.8 Å². The molecule has 0 saturated carbocycles. The maximum absolute atomic E-state index is 11.7. The van der Waals surface area contributed by atoms with Crippen LogP contribution in [0.1, 0.15) is 21.7 Å². The number of hydrogen-bond acceptors (Lipinski definition) is 3. The molecule has 17 heavy (non-hydrogen) atoms. The molecule has 1 amide bonds. The molecule has 6 heteroatoms. The number of carbonyl (C=O) groups excluding carboxylic acids is 1. The number of pyridine rings is 1. The van der Waals surface area contributed by atoms with Crippen LogP contribution in [0.5, 0.6) is 0 Å². The van der Waals surface area contributed by atoms with Crippen LogP contribution in [-0.4, -0.2) is 21.1 Å².